The summed E-state index contributed by atoms with van der Waals surface area (Å²) < 4.78 is 12.8. The Balaban J connectivity index is 3.06. The van der Waals surface area contributed by atoms with Gasteiger partial charge in [0.05, 0.1) is 0 Å². The molecule has 0 nitrogen and oxygen atoms in total. The second kappa shape index (κ2) is 5.10. The zero-order chi connectivity index (χ0) is 10.4. The zero-order valence-electron chi connectivity index (χ0n) is 8.26. The van der Waals surface area contributed by atoms with Crippen LogP contribution in [-0.2, 0) is 0 Å². The van der Waals surface area contributed by atoms with Gasteiger partial charge in [-0.15, -0.1) is 11.7 Å². The van der Waals surface area contributed by atoms with Crippen molar-refractivity contribution in [2.24, 2.45) is 5.92 Å². The van der Waals surface area contributed by atoms with Crippen molar-refractivity contribution in [3.63, 3.8) is 0 Å². The largest absolute Gasteiger partial charge is 0.197 e. The number of halogens is 1. The average Bonchev–Trinajstić information content (AvgIpc) is 2.12. The van der Waals surface area contributed by atoms with Gasteiger partial charge in [0.2, 0.25) is 0 Å². The van der Waals surface area contributed by atoms with E-state index in [4.69, 9.17) is 0 Å². The first-order valence-corrected chi connectivity index (χ1v) is 4.41. The van der Waals surface area contributed by atoms with Crippen LogP contribution in [0, 0.1) is 17.8 Å². The van der Waals surface area contributed by atoms with Gasteiger partial charge < -0.3 is 0 Å². The fourth-order valence-electron chi connectivity index (χ4n) is 1.08. The lowest BCUT2D eigenvalue weighted by Gasteiger charge is -2.02. The minimum atomic E-state index is -0.413. The molecule has 0 aromatic heterocycles. The van der Waals surface area contributed by atoms with E-state index in [1.54, 1.807) is 19.1 Å². The van der Waals surface area contributed by atoms with Crippen LogP contribution in [0.4, 0.5) is 4.39 Å². The maximum absolute atomic E-state index is 12.8. The van der Waals surface area contributed by atoms with Crippen molar-refractivity contribution in [2.45, 2.75) is 13.8 Å². The van der Waals surface area contributed by atoms with E-state index in [0.717, 1.165) is 5.57 Å². The predicted octanol–water partition coefficient (Wildman–Crippen LogP) is 3.31. The average molecular weight is 186 g/mol. The summed E-state index contributed by atoms with van der Waals surface area (Å²) in [4.78, 5) is 0. The maximum Gasteiger partial charge on any atom is 0.173 e. The zero-order valence-corrected chi connectivity index (χ0v) is 8.26. The molecular weight excluding hydrogens is 175 g/mol. The molecule has 0 bridgehead atoms. The Labute approximate surface area is 83.8 Å². The second-order valence-electron chi connectivity index (χ2n) is 2.90. The summed E-state index contributed by atoms with van der Waals surface area (Å²) in [6, 6.07) is 0. The standard InChI is InChI=1S/C13H11F/c1-3-6-11(2)12-7-4-5-8-13(14)10-9-12/h4,7-9,11H,1-2H3/b12-7+. The van der Waals surface area contributed by atoms with Crippen LogP contribution in [0.15, 0.2) is 47.2 Å². The molecule has 1 aliphatic rings. The van der Waals surface area contributed by atoms with Crippen LogP contribution in [0.25, 0.3) is 0 Å². The molecule has 0 radical (unpaired) electrons. The number of rotatable bonds is 1. The monoisotopic (exact) mass is 186 g/mol. The smallest absolute Gasteiger partial charge is 0.173 e. The van der Waals surface area contributed by atoms with Crippen LogP contribution in [-0.4, -0.2) is 0 Å². The molecule has 70 valence electrons. The fraction of sp³-hybridized carbons (Fsp3) is 0.231. The van der Waals surface area contributed by atoms with Crippen LogP contribution in [0.1, 0.15) is 13.8 Å². The molecule has 0 saturated heterocycles. The van der Waals surface area contributed by atoms with Gasteiger partial charge in [0, 0.05) is 12.0 Å². The summed E-state index contributed by atoms with van der Waals surface area (Å²) in [5.74, 6) is 5.51. The first-order valence-electron chi connectivity index (χ1n) is 4.41. The normalized spacial score (nSPS) is 19.6. The van der Waals surface area contributed by atoms with Crippen LogP contribution in [0.5, 0.6) is 0 Å². The van der Waals surface area contributed by atoms with Gasteiger partial charge in [0.15, 0.2) is 5.83 Å². The Kier molecular flexibility index (Phi) is 3.77. The van der Waals surface area contributed by atoms with E-state index in [2.05, 4.69) is 23.3 Å². The van der Waals surface area contributed by atoms with Crippen molar-refractivity contribution in [3.05, 3.63) is 47.2 Å². The highest BCUT2D eigenvalue weighted by molar-refractivity contribution is 5.33. The third kappa shape index (κ3) is 2.96. The number of allylic oxidation sites excluding steroid dienone is 4. The molecule has 0 saturated carbocycles. The summed E-state index contributed by atoms with van der Waals surface area (Å²) in [7, 11) is 0. The molecule has 0 amide bonds. The first-order chi connectivity index (χ1) is 6.74. The molecule has 0 aromatic carbocycles. The van der Waals surface area contributed by atoms with E-state index < -0.39 is 5.83 Å². The van der Waals surface area contributed by atoms with E-state index in [1.807, 2.05) is 13.0 Å². The van der Waals surface area contributed by atoms with Gasteiger partial charge in [-0.05, 0) is 37.6 Å². The molecule has 14 heavy (non-hydrogen) atoms. The number of hydrogen-bond donors (Lipinski definition) is 0. The molecule has 0 aliphatic heterocycles. The van der Waals surface area contributed by atoms with Crippen molar-refractivity contribution in [3.8, 4) is 11.8 Å². The van der Waals surface area contributed by atoms with E-state index in [0.29, 0.717) is 0 Å². The van der Waals surface area contributed by atoms with Crippen molar-refractivity contribution in [1.29, 1.82) is 0 Å². The topological polar surface area (TPSA) is 0 Å². The van der Waals surface area contributed by atoms with Crippen LogP contribution in [0.2, 0.25) is 0 Å². The summed E-state index contributed by atoms with van der Waals surface area (Å²) in [6.07, 6.45) is 6.42. The molecular formula is C13H11F. The Morgan fingerprint density at radius 1 is 1.43 bits per heavy atom. The second-order valence-corrected chi connectivity index (χ2v) is 2.90. The van der Waals surface area contributed by atoms with E-state index in [1.165, 1.54) is 6.08 Å². The Bertz CT molecular complexity index is 426. The van der Waals surface area contributed by atoms with Gasteiger partial charge in [-0.2, -0.15) is 4.39 Å². The van der Waals surface area contributed by atoms with Crippen molar-refractivity contribution in [1.82, 2.24) is 0 Å². The maximum atomic E-state index is 12.8. The van der Waals surface area contributed by atoms with Crippen LogP contribution >= 0.6 is 0 Å². The van der Waals surface area contributed by atoms with Crippen LogP contribution in [0.3, 0.4) is 0 Å². The molecule has 0 aromatic rings. The molecule has 0 fully saturated rings. The molecule has 0 heterocycles. The van der Waals surface area contributed by atoms with Gasteiger partial charge in [-0.1, -0.05) is 11.7 Å². The minimum Gasteiger partial charge on any atom is -0.197 e. The SMILES string of the molecule is CC#CC(C)/C1=C/C=C=CC(F)=C=C1. The molecule has 0 N–H and O–H groups in total. The van der Waals surface area contributed by atoms with E-state index in [-0.39, 0.29) is 5.92 Å². The highest BCUT2D eigenvalue weighted by atomic mass is 19.1. The quantitative estimate of drug-likeness (QED) is 0.435. The Hall–Kier alpha value is -1.73. The Morgan fingerprint density at radius 3 is 2.93 bits per heavy atom. The highest BCUT2D eigenvalue weighted by Gasteiger charge is 2.01. The molecule has 1 aliphatic carbocycles. The van der Waals surface area contributed by atoms with Gasteiger partial charge in [-0.3, -0.25) is 0 Å². The lowest BCUT2D eigenvalue weighted by molar-refractivity contribution is 0.669. The molecule has 1 unspecified atom stereocenters. The summed E-state index contributed by atoms with van der Waals surface area (Å²) >= 11 is 0. The van der Waals surface area contributed by atoms with Gasteiger partial charge in [0.25, 0.3) is 0 Å². The van der Waals surface area contributed by atoms with Crippen molar-refractivity contribution >= 4 is 0 Å². The van der Waals surface area contributed by atoms with E-state index in [9.17, 15) is 4.39 Å². The summed E-state index contributed by atoms with van der Waals surface area (Å²) in [5.41, 5.74) is 6.16. The molecule has 1 heteroatoms. The highest BCUT2D eigenvalue weighted by Crippen LogP contribution is 2.12. The van der Waals surface area contributed by atoms with Crippen molar-refractivity contribution in [2.75, 3.05) is 0 Å². The van der Waals surface area contributed by atoms with Gasteiger partial charge in [0.1, 0.15) is 0 Å². The summed E-state index contributed by atoms with van der Waals surface area (Å²) in [5, 5.41) is 0. The molecule has 1 rings (SSSR count). The summed E-state index contributed by atoms with van der Waals surface area (Å²) in [6.45, 7) is 3.76. The van der Waals surface area contributed by atoms with E-state index >= 15 is 0 Å². The van der Waals surface area contributed by atoms with Crippen LogP contribution < -0.4 is 0 Å². The molecule has 1 atom stereocenters. The van der Waals surface area contributed by atoms with Gasteiger partial charge in [-0.25, -0.2) is 0 Å². The number of hydrogen-bond acceptors (Lipinski definition) is 0. The fourth-order valence-corrected chi connectivity index (χ4v) is 1.08. The minimum absolute atomic E-state index is 0.0939. The lowest BCUT2D eigenvalue weighted by atomic mass is 10.0. The first kappa shape index (κ1) is 10.4. The Morgan fingerprint density at radius 2 is 2.21 bits per heavy atom. The molecule has 0 spiro atoms. The van der Waals surface area contributed by atoms with Gasteiger partial charge >= 0.3 is 0 Å². The third-order valence-electron chi connectivity index (χ3n) is 1.82. The lowest BCUT2D eigenvalue weighted by Crippen LogP contribution is -1.92. The predicted molar refractivity (Wildman–Crippen MR) is 56.1 cm³/mol. The van der Waals surface area contributed by atoms with Crippen molar-refractivity contribution < 1.29 is 4.39 Å². The third-order valence-corrected chi connectivity index (χ3v) is 1.82.